The lowest BCUT2D eigenvalue weighted by molar-refractivity contribution is -0.384. The molecular formula is C12H12N2O3. The smallest absolute Gasteiger partial charge is 0.269 e. The zero-order valence-electron chi connectivity index (χ0n) is 9.64. The van der Waals surface area contributed by atoms with E-state index in [2.05, 4.69) is 5.16 Å². The third kappa shape index (κ3) is 2.04. The molecule has 0 amide bonds. The van der Waals surface area contributed by atoms with Gasteiger partial charge in [0.1, 0.15) is 5.76 Å². The molecule has 1 heterocycles. The summed E-state index contributed by atoms with van der Waals surface area (Å²) in [5.74, 6) is 0.732. The second kappa shape index (κ2) is 4.37. The molecule has 1 aromatic heterocycles. The molecule has 5 heteroatoms. The van der Waals surface area contributed by atoms with Crippen LogP contribution in [-0.4, -0.2) is 10.1 Å². The molecule has 0 N–H and O–H groups in total. The Morgan fingerprint density at radius 3 is 2.53 bits per heavy atom. The van der Waals surface area contributed by atoms with Gasteiger partial charge < -0.3 is 4.52 Å². The minimum Gasteiger partial charge on any atom is -0.361 e. The predicted molar refractivity (Wildman–Crippen MR) is 62.7 cm³/mol. The Bertz CT molecular complexity index is 543. The molecule has 0 atom stereocenters. The Balaban J connectivity index is 2.46. The summed E-state index contributed by atoms with van der Waals surface area (Å²) in [5.41, 5.74) is 2.78. The first-order valence-corrected chi connectivity index (χ1v) is 5.33. The lowest BCUT2D eigenvalue weighted by atomic mass is 10.0. The third-order valence-corrected chi connectivity index (χ3v) is 2.64. The second-order valence-corrected chi connectivity index (χ2v) is 3.72. The third-order valence-electron chi connectivity index (χ3n) is 2.64. The van der Waals surface area contributed by atoms with Crippen LogP contribution < -0.4 is 0 Å². The van der Waals surface area contributed by atoms with Crippen LogP contribution in [0.3, 0.4) is 0 Å². The van der Waals surface area contributed by atoms with Crippen LogP contribution in [0.5, 0.6) is 0 Å². The van der Waals surface area contributed by atoms with Crippen molar-refractivity contribution < 1.29 is 9.45 Å². The standard InChI is InChI=1S/C12H12N2O3/c1-3-11-12(8(2)17-13-11)9-4-6-10(7-5-9)14(15)16/h4-7H,3H2,1-2H3. The van der Waals surface area contributed by atoms with Crippen LogP contribution in [0, 0.1) is 17.0 Å². The van der Waals surface area contributed by atoms with E-state index in [4.69, 9.17) is 4.52 Å². The minimum absolute atomic E-state index is 0.0842. The number of aromatic nitrogens is 1. The molecule has 0 unspecified atom stereocenters. The maximum absolute atomic E-state index is 10.6. The van der Waals surface area contributed by atoms with Crippen LogP contribution in [-0.2, 0) is 6.42 Å². The van der Waals surface area contributed by atoms with Gasteiger partial charge in [0.05, 0.1) is 10.6 Å². The highest BCUT2D eigenvalue weighted by molar-refractivity contribution is 5.68. The molecule has 0 fully saturated rings. The molecule has 2 aromatic rings. The normalized spacial score (nSPS) is 10.5. The van der Waals surface area contributed by atoms with Gasteiger partial charge in [-0.15, -0.1) is 0 Å². The first-order chi connectivity index (χ1) is 8.13. The molecule has 0 radical (unpaired) electrons. The molecule has 0 bridgehead atoms. The van der Waals surface area contributed by atoms with Gasteiger partial charge in [0.2, 0.25) is 0 Å². The summed E-state index contributed by atoms with van der Waals surface area (Å²) in [4.78, 5) is 10.2. The predicted octanol–water partition coefficient (Wildman–Crippen LogP) is 3.12. The van der Waals surface area contributed by atoms with Gasteiger partial charge in [0.15, 0.2) is 0 Å². The van der Waals surface area contributed by atoms with E-state index in [1.807, 2.05) is 13.8 Å². The topological polar surface area (TPSA) is 69.2 Å². The molecule has 2 rings (SSSR count). The van der Waals surface area contributed by atoms with E-state index in [-0.39, 0.29) is 5.69 Å². The summed E-state index contributed by atoms with van der Waals surface area (Å²) in [7, 11) is 0. The quantitative estimate of drug-likeness (QED) is 0.602. The van der Waals surface area contributed by atoms with E-state index in [0.717, 1.165) is 29.0 Å². The number of non-ortho nitro benzene ring substituents is 1. The Hall–Kier alpha value is -2.17. The lowest BCUT2D eigenvalue weighted by Gasteiger charge is -2.00. The largest absolute Gasteiger partial charge is 0.361 e. The maximum Gasteiger partial charge on any atom is 0.269 e. The van der Waals surface area contributed by atoms with E-state index < -0.39 is 4.92 Å². The summed E-state index contributed by atoms with van der Waals surface area (Å²) in [6.07, 6.45) is 0.768. The number of aryl methyl sites for hydroxylation is 2. The summed E-state index contributed by atoms with van der Waals surface area (Å²) in [6, 6.07) is 6.41. The molecule has 0 aliphatic heterocycles. The first kappa shape index (κ1) is 11.3. The molecule has 0 aliphatic rings. The van der Waals surface area contributed by atoms with Gasteiger partial charge in [-0.2, -0.15) is 0 Å². The number of rotatable bonds is 3. The minimum atomic E-state index is -0.412. The van der Waals surface area contributed by atoms with Crippen molar-refractivity contribution in [3.05, 3.63) is 45.8 Å². The van der Waals surface area contributed by atoms with Gasteiger partial charge in [-0.1, -0.05) is 12.1 Å². The highest BCUT2D eigenvalue weighted by atomic mass is 16.6. The van der Waals surface area contributed by atoms with E-state index in [9.17, 15) is 10.1 Å². The Labute approximate surface area is 98.2 Å². The number of hydrogen-bond donors (Lipinski definition) is 0. The molecule has 0 spiro atoms. The molecular weight excluding hydrogens is 220 g/mol. The highest BCUT2D eigenvalue weighted by Gasteiger charge is 2.14. The zero-order chi connectivity index (χ0) is 12.4. The van der Waals surface area contributed by atoms with Crippen LogP contribution in [0.15, 0.2) is 28.8 Å². The summed E-state index contributed by atoms with van der Waals surface area (Å²) < 4.78 is 5.13. The average molecular weight is 232 g/mol. The van der Waals surface area contributed by atoms with Crippen LogP contribution in [0.4, 0.5) is 5.69 Å². The Kier molecular flexibility index (Phi) is 2.91. The van der Waals surface area contributed by atoms with Crippen LogP contribution >= 0.6 is 0 Å². The molecule has 88 valence electrons. The summed E-state index contributed by atoms with van der Waals surface area (Å²) >= 11 is 0. The number of nitro benzene ring substituents is 1. The molecule has 0 saturated heterocycles. The van der Waals surface area contributed by atoms with Gasteiger partial charge in [-0.05, 0) is 31.0 Å². The molecule has 0 saturated carbocycles. The van der Waals surface area contributed by atoms with E-state index in [1.165, 1.54) is 12.1 Å². The van der Waals surface area contributed by atoms with Crippen molar-refractivity contribution in [3.63, 3.8) is 0 Å². The van der Waals surface area contributed by atoms with Crippen molar-refractivity contribution in [3.8, 4) is 11.1 Å². The molecule has 5 nitrogen and oxygen atoms in total. The van der Waals surface area contributed by atoms with Crippen molar-refractivity contribution in [2.45, 2.75) is 20.3 Å². The summed E-state index contributed by atoms with van der Waals surface area (Å²) in [6.45, 7) is 3.83. The lowest BCUT2D eigenvalue weighted by Crippen LogP contribution is -1.89. The fraction of sp³-hybridized carbons (Fsp3) is 0.250. The average Bonchev–Trinajstić information content (AvgIpc) is 2.70. The zero-order valence-corrected chi connectivity index (χ0v) is 9.64. The Morgan fingerprint density at radius 1 is 1.35 bits per heavy atom. The fourth-order valence-electron chi connectivity index (χ4n) is 1.78. The summed E-state index contributed by atoms with van der Waals surface area (Å²) in [5, 5.41) is 14.5. The second-order valence-electron chi connectivity index (χ2n) is 3.72. The van der Waals surface area contributed by atoms with Gasteiger partial charge in [0, 0.05) is 17.7 Å². The molecule has 17 heavy (non-hydrogen) atoms. The number of benzene rings is 1. The van der Waals surface area contributed by atoms with E-state index >= 15 is 0 Å². The molecule has 0 aliphatic carbocycles. The number of hydrogen-bond acceptors (Lipinski definition) is 4. The van der Waals surface area contributed by atoms with Crippen LogP contribution in [0.2, 0.25) is 0 Å². The van der Waals surface area contributed by atoms with Gasteiger partial charge >= 0.3 is 0 Å². The SMILES string of the molecule is CCc1noc(C)c1-c1ccc([N+](=O)[O-])cc1. The monoisotopic (exact) mass is 232 g/mol. The molecule has 1 aromatic carbocycles. The van der Waals surface area contributed by atoms with Crippen molar-refractivity contribution in [1.29, 1.82) is 0 Å². The van der Waals surface area contributed by atoms with Gasteiger partial charge in [0.25, 0.3) is 5.69 Å². The van der Waals surface area contributed by atoms with E-state index in [0.29, 0.717) is 0 Å². The van der Waals surface area contributed by atoms with E-state index in [1.54, 1.807) is 12.1 Å². The number of nitro groups is 1. The van der Waals surface area contributed by atoms with Crippen LogP contribution in [0.25, 0.3) is 11.1 Å². The number of nitrogens with zero attached hydrogens (tertiary/aromatic N) is 2. The first-order valence-electron chi connectivity index (χ1n) is 5.33. The van der Waals surface area contributed by atoms with Crippen molar-refractivity contribution in [1.82, 2.24) is 5.16 Å². The van der Waals surface area contributed by atoms with Gasteiger partial charge in [-0.25, -0.2) is 0 Å². The van der Waals surface area contributed by atoms with Crippen molar-refractivity contribution in [2.75, 3.05) is 0 Å². The van der Waals surface area contributed by atoms with Crippen molar-refractivity contribution in [2.24, 2.45) is 0 Å². The Morgan fingerprint density at radius 2 is 2.00 bits per heavy atom. The maximum atomic E-state index is 10.6. The van der Waals surface area contributed by atoms with Gasteiger partial charge in [-0.3, -0.25) is 10.1 Å². The van der Waals surface area contributed by atoms with Crippen molar-refractivity contribution >= 4 is 5.69 Å². The fourth-order valence-corrected chi connectivity index (χ4v) is 1.78. The van der Waals surface area contributed by atoms with Crippen LogP contribution in [0.1, 0.15) is 18.4 Å². The highest BCUT2D eigenvalue weighted by Crippen LogP contribution is 2.28.